The smallest absolute Gasteiger partial charge is 0.409 e. The first-order valence-electron chi connectivity index (χ1n) is 3.70. The van der Waals surface area contributed by atoms with Crippen molar-refractivity contribution >= 4 is 5.97 Å². The molecule has 0 bridgehead atoms. The number of carboxylic acid groups (broad SMARTS) is 1. The van der Waals surface area contributed by atoms with Gasteiger partial charge in [0, 0.05) is 14.1 Å². The third-order valence-corrected chi connectivity index (χ3v) is 1.53. The summed E-state index contributed by atoms with van der Waals surface area (Å²) in [4.78, 5) is 21.5. The lowest BCUT2D eigenvalue weighted by atomic mass is 10.2. The van der Waals surface area contributed by atoms with Crippen LogP contribution in [0.1, 0.15) is 13.3 Å². The van der Waals surface area contributed by atoms with Gasteiger partial charge in [0.1, 0.15) is 0 Å². The summed E-state index contributed by atoms with van der Waals surface area (Å²) in [5.74, 6) is -1.50. The summed E-state index contributed by atoms with van der Waals surface area (Å²) in [6.45, 7) is 1.67. The van der Waals surface area contributed by atoms with Crippen LogP contribution in [0.3, 0.4) is 0 Å². The maximum atomic E-state index is 10.5. The van der Waals surface area contributed by atoms with Gasteiger partial charge in [-0.25, -0.2) is 4.79 Å². The Bertz CT molecular complexity index is 241. The van der Waals surface area contributed by atoms with Gasteiger partial charge in [-0.1, -0.05) is 6.92 Å². The molecule has 0 unspecified atom stereocenters. The minimum atomic E-state index is -1.50. The van der Waals surface area contributed by atoms with Crippen LogP contribution in [0.15, 0.2) is 11.4 Å². The van der Waals surface area contributed by atoms with Crippen LogP contribution in [0.25, 0.3) is 0 Å². The molecule has 6 nitrogen and oxygen atoms in total. The number of carboxylic acids is 1. The standard InChI is InChI=1S/C7H12N2O4/c1-4-5(8(2)3)6(7(10)11)9(12)13/h4H2,1-3H3,(H,10,11). The zero-order chi connectivity index (χ0) is 10.6. The first-order valence-corrected chi connectivity index (χ1v) is 3.70. The normalized spacial score (nSPS) is 11.9. The van der Waals surface area contributed by atoms with E-state index in [1.165, 1.54) is 4.90 Å². The minimum absolute atomic E-state index is 0.206. The molecule has 6 heteroatoms. The van der Waals surface area contributed by atoms with Crippen LogP contribution in [0, 0.1) is 10.1 Å². The molecule has 0 heterocycles. The first-order chi connectivity index (χ1) is 5.91. The van der Waals surface area contributed by atoms with Crippen molar-refractivity contribution in [1.29, 1.82) is 0 Å². The predicted octanol–water partition coefficient (Wildman–Crippen LogP) is 0.531. The van der Waals surface area contributed by atoms with Crippen LogP contribution < -0.4 is 0 Å². The van der Waals surface area contributed by atoms with Gasteiger partial charge in [0.05, 0.1) is 10.6 Å². The molecule has 0 rings (SSSR count). The molecule has 0 atom stereocenters. The molecule has 0 saturated carbocycles. The molecule has 1 N–H and O–H groups in total. The van der Waals surface area contributed by atoms with Crippen molar-refractivity contribution in [2.75, 3.05) is 14.1 Å². The number of allylic oxidation sites excluding steroid dienone is 1. The summed E-state index contributed by atoms with van der Waals surface area (Å²) < 4.78 is 0. The third-order valence-electron chi connectivity index (χ3n) is 1.53. The zero-order valence-corrected chi connectivity index (χ0v) is 7.77. The number of nitrogens with zero attached hydrogens (tertiary/aromatic N) is 2. The second-order valence-corrected chi connectivity index (χ2v) is 2.61. The molecular weight excluding hydrogens is 176 g/mol. The molecule has 13 heavy (non-hydrogen) atoms. The van der Waals surface area contributed by atoms with Gasteiger partial charge in [-0.3, -0.25) is 10.1 Å². The average Bonchev–Trinajstić information content (AvgIpc) is 1.97. The lowest BCUT2D eigenvalue weighted by molar-refractivity contribution is -0.423. The van der Waals surface area contributed by atoms with Gasteiger partial charge in [0.25, 0.3) is 0 Å². The van der Waals surface area contributed by atoms with E-state index in [9.17, 15) is 14.9 Å². The van der Waals surface area contributed by atoms with Crippen molar-refractivity contribution in [3.63, 3.8) is 0 Å². The SMILES string of the molecule is CCC(=C(C(=O)O)[N+](=O)[O-])N(C)C. The van der Waals surface area contributed by atoms with Crippen molar-refractivity contribution < 1.29 is 14.8 Å². The molecule has 0 aliphatic rings. The molecule has 74 valence electrons. The Kier molecular flexibility index (Phi) is 3.90. The molecule has 0 aromatic heterocycles. The maximum Gasteiger partial charge on any atom is 0.409 e. The van der Waals surface area contributed by atoms with Crippen molar-refractivity contribution in [2.24, 2.45) is 0 Å². The second kappa shape index (κ2) is 4.44. The minimum Gasteiger partial charge on any atom is -0.473 e. The topological polar surface area (TPSA) is 83.7 Å². The van der Waals surface area contributed by atoms with Crippen LogP contribution in [0.5, 0.6) is 0 Å². The van der Waals surface area contributed by atoms with E-state index in [1.54, 1.807) is 21.0 Å². The number of hydrogen-bond acceptors (Lipinski definition) is 4. The van der Waals surface area contributed by atoms with Crippen molar-refractivity contribution in [3.05, 3.63) is 21.5 Å². The van der Waals surface area contributed by atoms with Gasteiger partial charge >= 0.3 is 11.7 Å². The highest BCUT2D eigenvalue weighted by Crippen LogP contribution is 2.11. The van der Waals surface area contributed by atoms with E-state index >= 15 is 0 Å². The fourth-order valence-corrected chi connectivity index (χ4v) is 1.00. The zero-order valence-electron chi connectivity index (χ0n) is 7.77. The van der Waals surface area contributed by atoms with E-state index in [0.29, 0.717) is 6.42 Å². The first kappa shape index (κ1) is 11.4. The van der Waals surface area contributed by atoms with Crippen LogP contribution in [0.2, 0.25) is 0 Å². The Labute approximate surface area is 75.6 Å². The summed E-state index contributed by atoms with van der Waals surface area (Å²) in [7, 11) is 3.15. The fourth-order valence-electron chi connectivity index (χ4n) is 1.00. The Hall–Kier alpha value is -1.59. The van der Waals surface area contributed by atoms with Gasteiger partial charge in [-0.05, 0) is 6.42 Å². The molecule has 0 fully saturated rings. The van der Waals surface area contributed by atoms with Gasteiger partial charge in [-0.15, -0.1) is 0 Å². The van der Waals surface area contributed by atoms with E-state index in [-0.39, 0.29) is 5.70 Å². The van der Waals surface area contributed by atoms with Crippen molar-refractivity contribution in [2.45, 2.75) is 13.3 Å². The monoisotopic (exact) mass is 188 g/mol. The van der Waals surface area contributed by atoms with E-state index in [2.05, 4.69) is 0 Å². The molecule has 0 aromatic carbocycles. The van der Waals surface area contributed by atoms with Crippen LogP contribution in [0.4, 0.5) is 0 Å². The maximum absolute atomic E-state index is 10.5. The van der Waals surface area contributed by atoms with E-state index in [1.807, 2.05) is 0 Å². The molecule has 0 aliphatic heterocycles. The number of aliphatic carboxylic acids is 1. The molecule has 0 amide bonds. The molecule has 0 aromatic rings. The van der Waals surface area contributed by atoms with Crippen LogP contribution in [-0.2, 0) is 4.79 Å². The highest BCUT2D eigenvalue weighted by Gasteiger charge is 2.26. The fraction of sp³-hybridized carbons (Fsp3) is 0.571. The number of nitro groups is 1. The summed E-state index contributed by atoms with van der Waals surface area (Å²) in [6.07, 6.45) is 0.315. The number of hydrogen-bond donors (Lipinski definition) is 1. The Morgan fingerprint density at radius 1 is 1.54 bits per heavy atom. The van der Waals surface area contributed by atoms with Crippen LogP contribution in [-0.4, -0.2) is 35.0 Å². The predicted molar refractivity (Wildman–Crippen MR) is 45.6 cm³/mol. The number of rotatable bonds is 4. The molecular formula is C7H12N2O4. The van der Waals surface area contributed by atoms with Crippen molar-refractivity contribution in [3.8, 4) is 0 Å². The average molecular weight is 188 g/mol. The van der Waals surface area contributed by atoms with Gasteiger partial charge in [0.15, 0.2) is 0 Å². The number of carbonyl (C=O) groups is 1. The highest BCUT2D eigenvalue weighted by atomic mass is 16.6. The van der Waals surface area contributed by atoms with E-state index in [4.69, 9.17) is 5.11 Å². The Balaban J connectivity index is 5.26. The Morgan fingerprint density at radius 2 is 2.00 bits per heavy atom. The lowest BCUT2D eigenvalue weighted by Gasteiger charge is -2.13. The summed E-state index contributed by atoms with van der Waals surface area (Å²) >= 11 is 0. The third kappa shape index (κ3) is 2.73. The molecule has 0 aliphatic carbocycles. The molecule has 0 radical (unpaired) electrons. The largest absolute Gasteiger partial charge is 0.473 e. The van der Waals surface area contributed by atoms with Gasteiger partial charge < -0.3 is 10.0 Å². The van der Waals surface area contributed by atoms with Gasteiger partial charge in [-0.2, -0.15) is 0 Å². The van der Waals surface area contributed by atoms with Crippen LogP contribution >= 0.6 is 0 Å². The van der Waals surface area contributed by atoms with Crippen molar-refractivity contribution in [1.82, 2.24) is 4.90 Å². The lowest BCUT2D eigenvalue weighted by Crippen LogP contribution is -2.21. The molecule has 0 saturated heterocycles. The van der Waals surface area contributed by atoms with E-state index in [0.717, 1.165) is 0 Å². The van der Waals surface area contributed by atoms with E-state index < -0.39 is 16.6 Å². The van der Waals surface area contributed by atoms with Gasteiger partial charge in [0.2, 0.25) is 0 Å². The summed E-state index contributed by atoms with van der Waals surface area (Å²) in [6, 6.07) is 0. The molecule has 0 spiro atoms. The summed E-state index contributed by atoms with van der Waals surface area (Å²) in [5, 5.41) is 19.0. The second-order valence-electron chi connectivity index (χ2n) is 2.61. The quantitative estimate of drug-likeness (QED) is 0.395. The Morgan fingerprint density at radius 3 is 2.08 bits per heavy atom. The highest BCUT2D eigenvalue weighted by molar-refractivity contribution is 5.84. The summed E-state index contributed by atoms with van der Waals surface area (Å²) in [5.41, 5.74) is -0.551.